The maximum Gasteiger partial charge on any atom is 0.282 e. The number of likely N-dealkylation sites (tertiary alicyclic amines) is 1. The number of halogens is 2. The van der Waals surface area contributed by atoms with Gasteiger partial charge in [-0.1, -0.05) is 26.3 Å². The number of carbonyl (C=O) groups is 2. The molecule has 11 heteroatoms. The van der Waals surface area contributed by atoms with E-state index in [2.05, 4.69) is 15.6 Å². The zero-order valence-corrected chi connectivity index (χ0v) is 26.8. The first-order valence-corrected chi connectivity index (χ1v) is 16.7. The third-order valence-electron chi connectivity index (χ3n) is 9.18. The second kappa shape index (κ2) is 13.4. The Morgan fingerprint density at radius 3 is 2.38 bits per heavy atom. The van der Waals surface area contributed by atoms with Gasteiger partial charge in [-0.2, -0.15) is 5.26 Å². The molecule has 1 aliphatic heterocycles. The number of benzene rings is 1. The van der Waals surface area contributed by atoms with E-state index in [0.29, 0.717) is 23.6 Å². The van der Waals surface area contributed by atoms with Crippen molar-refractivity contribution in [3.63, 3.8) is 0 Å². The number of amides is 2. The van der Waals surface area contributed by atoms with Gasteiger partial charge in [-0.15, -0.1) is 0 Å². The fourth-order valence-electron chi connectivity index (χ4n) is 6.07. The summed E-state index contributed by atoms with van der Waals surface area (Å²) in [6.07, 6.45) is 9.21. The van der Waals surface area contributed by atoms with Gasteiger partial charge < -0.3 is 20.1 Å². The van der Waals surface area contributed by atoms with Crippen LogP contribution in [0.4, 0.5) is 14.6 Å². The summed E-state index contributed by atoms with van der Waals surface area (Å²) >= 11 is 0. The Balaban J connectivity index is 0.00000190. The zero-order chi connectivity index (χ0) is 33.3. The highest BCUT2D eigenvalue weighted by Crippen LogP contribution is 2.42. The molecule has 3 saturated carbocycles. The first-order chi connectivity index (χ1) is 22.7. The number of aromatic nitrogens is 2. The molecule has 3 aromatic rings. The lowest BCUT2D eigenvalue weighted by Gasteiger charge is -2.39. The molecule has 0 atom stereocenters. The Hall–Kier alpha value is -4.43. The van der Waals surface area contributed by atoms with Gasteiger partial charge in [0.05, 0.1) is 24.7 Å². The Labute approximate surface area is 273 Å². The minimum atomic E-state index is -2.93. The molecule has 2 N–H and O–H groups in total. The molecule has 246 valence electrons. The molecule has 2 amide bonds. The third kappa shape index (κ3) is 7.28. The second-order valence-corrected chi connectivity index (χ2v) is 12.9. The predicted octanol–water partition coefficient (Wildman–Crippen LogP) is 6.25. The molecule has 1 saturated heterocycles. The molecule has 4 aliphatic rings. The van der Waals surface area contributed by atoms with Crippen LogP contribution in [0.5, 0.6) is 0 Å². The smallest absolute Gasteiger partial charge is 0.282 e. The van der Waals surface area contributed by atoms with Crippen LogP contribution in [0.1, 0.15) is 108 Å². The maximum absolute atomic E-state index is 13.7. The quantitative estimate of drug-likeness (QED) is 0.270. The van der Waals surface area contributed by atoms with E-state index in [-0.39, 0.29) is 40.0 Å². The second-order valence-electron chi connectivity index (χ2n) is 12.9. The van der Waals surface area contributed by atoms with Crippen LogP contribution in [0, 0.1) is 17.2 Å². The topological polar surface area (TPSA) is 120 Å². The minimum Gasteiger partial charge on any atom is -0.326 e. The monoisotopic (exact) mass is 642 g/mol. The predicted molar refractivity (Wildman–Crippen MR) is 175 cm³/mol. The summed E-state index contributed by atoms with van der Waals surface area (Å²) in [5, 5.41) is 15.8. The molecule has 0 bridgehead atoms. The molecule has 1 aromatic carbocycles. The van der Waals surface area contributed by atoms with Gasteiger partial charge in [0.15, 0.2) is 0 Å². The number of anilines is 1. The van der Waals surface area contributed by atoms with Crippen molar-refractivity contribution in [3.05, 3.63) is 80.9 Å². The van der Waals surface area contributed by atoms with E-state index in [1.54, 1.807) is 28.8 Å². The molecule has 47 heavy (non-hydrogen) atoms. The Kier molecular flexibility index (Phi) is 9.24. The highest BCUT2D eigenvalue weighted by Gasteiger charge is 2.46. The van der Waals surface area contributed by atoms with Crippen molar-refractivity contribution in [1.29, 1.82) is 5.26 Å². The van der Waals surface area contributed by atoms with Crippen LogP contribution >= 0.6 is 0 Å². The van der Waals surface area contributed by atoms with Crippen LogP contribution in [-0.2, 0) is 6.54 Å². The summed E-state index contributed by atoms with van der Waals surface area (Å²) in [5.41, 5.74) is 2.66. The highest BCUT2D eigenvalue weighted by molar-refractivity contribution is 6.05. The molecule has 0 radical (unpaired) electrons. The van der Waals surface area contributed by atoms with Gasteiger partial charge in [0.2, 0.25) is 0 Å². The Bertz CT molecular complexity index is 1780. The van der Waals surface area contributed by atoms with Gasteiger partial charge >= 0.3 is 0 Å². The van der Waals surface area contributed by atoms with Gasteiger partial charge in [-0.05, 0) is 98.0 Å². The average Bonchev–Trinajstić information content (AvgIpc) is 3.96. The van der Waals surface area contributed by atoms with E-state index < -0.39 is 30.8 Å². The molecule has 0 unspecified atom stereocenters. The number of carbonyl (C=O) groups excluding carboxylic acids is 2. The van der Waals surface area contributed by atoms with E-state index in [4.69, 9.17) is 0 Å². The molecule has 9 nitrogen and oxygen atoms in total. The van der Waals surface area contributed by atoms with Crippen LogP contribution < -0.4 is 16.2 Å². The number of pyridine rings is 2. The zero-order valence-electron chi connectivity index (χ0n) is 26.8. The summed E-state index contributed by atoms with van der Waals surface area (Å²) in [5.74, 6) is -3.00. The summed E-state index contributed by atoms with van der Waals surface area (Å²) < 4.78 is 28.9. The van der Waals surface area contributed by atoms with Crippen molar-refractivity contribution >= 4 is 17.6 Å². The Morgan fingerprint density at radius 1 is 1.02 bits per heavy atom. The number of nitrogens with one attached hydrogen (secondary N) is 2. The lowest BCUT2D eigenvalue weighted by molar-refractivity contribution is -0.113. The van der Waals surface area contributed by atoms with Crippen LogP contribution in [0.25, 0.3) is 11.1 Å². The van der Waals surface area contributed by atoms with E-state index in [1.165, 1.54) is 25.3 Å². The van der Waals surface area contributed by atoms with Gasteiger partial charge in [-0.3, -0.25) is 14.4 Å². The normalized spacial score (nSPS) is 18.2. The molecule has 0 spiro atoms. The van der Waals surface area contributed by atoms with Crippen molar-refractivity contribution in [2.24, 2.45) is 5.92 Å². The average molecular weight is 643 g/mol. The molecule has 4 fully saturated rings. The number of nitrogens with zero attached hydrogens (tertiary/aromatic N) is 4. The summed E-state index contributed by atoms with van der Waals surface area (Å²) in [6, 6.07) is 11.8. The number of hydrogen-bond donors (Lipinski definition) is 2. The van der Waals surface area contributed by atoms with Gasteiger partial charge in [0.1, 0.15) is 11.4 Å². The summed E-state index contributed by atoms with van der Waals surface area (Å²) in [4.78, 5) is 46.1. The van der Waals surface area contributed by atoms with Gasteiger partial charge in [-0.25, -0.2) is 13.8 Å². The van der Waals surface area contributed by atoms with E-state index in [1.807, 2.05) is 32.2 Å². The van der Waals surface area contributed by atoms with Crippen molar-refractivity contribution in [3.8, 4) is 17.2 Å². The molecular formula is C36H40F2N6O3. The lowest BCUT2D eigenvalue weighted by Crippen LogP contribution is -2.58. The molecule has 3 aliphatic carbocycles. The largest absolute Gasteiger partial charge is 0.326 e. The number of rotatable bonds is 10. The van der Waals surface area contributed by atoms with Gasteiger partial charge in [0, 0.05) is 36.0 Å². The van der Waals surface area contributed by atoms with E-state index in [0.717, 1.165) is 48.4 Å². The summed E-state index contributed by atoms with van der Waals surface area (Å²) in [7, 11) is 0. The fraction of sp³-hybridized carbons (Fsp3) is 0.472. The highest BCUT2D eigenvalue weighted by atomic mass is 19.3. The Morgan fingerprint density at radius 2 is 1.77 bits per heavy atom. The summed E-state index contributed by atoms with van der Waals surface area (Å²) in [6.45, 7) is 4.10. The first-order valence-electron chi connectivity index (χ1n) is 16.7. The number of nitriles is 1. The SMILES string of the molecule is CC.N#Cc1ccc(-c2cc(NC(=O)c3cc(CNCC4CCC4)cn(C4CC4)c3=O)nc(C3CC3)c2)c(C(=O)N2CC(F)(F)C2)c1. The molecule has 3 heterocycles. The fourth-order valence-corrected chi connectivity index (χ4v) is 6.07. The maximum atomic E-state index is 13.7. The van der Waals surface area contributed by atoms with Gasteiger partial charge in [0.25, 0.3) is 23.3 Å². The van der Waals surface area contributed by atoms with E-state index >= 15 is 0 Å². The van der Waals surface area contributed by atoms with Crippen LogP contribution in [-0.4, -0.2) is 51.8 Å². The van der Waals surface area contributed by atoms with Crippen molar-refractivity contribution in [1.82, 2.24) is 19.8 Å². The molecule has 7 rings (SSSR count). The molecular weight excluding hydrogens is 602 g/mol. The number of hydrogen-bond acceptors (Lipinski definition) is 6. The van der Waals surface area contributed by atoms with Crippen LogP contribution in [0.3, 0.4) is 0 Å². The van der Waals surface area contributed by atoms with E-state index in [9.17, 15) is 28.4 Å². The molecule has 2 aromatic heterocycles. The first kappa shape index (κ1) is 32.5. The van der Waals surface area contributed by atoms with Crippen molar-refractivity contribution < 1.29 is 18.4 Å². The third-order valence-corrected chi connectivity index (χ3v) is 9.18. The van der Waals surface area contributed by atoms with Crippen LogP contribution in [0.2, 0.25) is 0 Å². The lowest BCUT2D eigenvalue weighted by atomic mass is 9.85. The van der Waals surface area contributed by atoms with Crippen molar-refractivity contribution in [2.75, 3.05) is 25.0 Å². The number of alkyl halides is 2. The standard InChI is InChI=1S/C34H34F2N6O3.C2H6/c35-34(36)18-41(19-34)32(44)27-10-21(14-37)4-9-26(27)24-12-29(23-5-6-23)39-30(13-24)40-31(43)28-11-22(16-38-15-20-2-1-3-20)17-42(33(28)45)25-7-8-25;1-2/h4,9-13,17,20,23,25,38H,1-3,5-8,15-16,18-19H2,(H,39,40,43);1-2H3. The minimum absolute atomic E-state index is 0.0398. The van der Waals surface area contributed by atoms with Crippen LogP contribution in [0.15, 0.2) is 47.4 Å². The van der Waals surface area contributed by atoms with Crippen molar-refractivity contribution in [2.45, 2.75) is 83.2 Å².